The lowest BCUT2D eigenvalue weighted by Crippen LogP contribution is -2.01. The third-order valence-corrected chi connectivity index (χ3v) is 3.80. The van der Waals surface area contributed by atoms with E-state index in [1.807, 2.05) is 6.92 Å². The fourth-order valence-electron chi connectivity index (χ4n) is 1.59. The fourth-order valence-corrected chi connectivity index (χ4v) is 2.22. The van der Waals surface area contributed by atoms with Crippen molar-refractivity contribution < 1.29 is 12.8 Å². The van der Waals surface area contributed by atoms with Crippen molar-refractivity contribution in [3.8, 4) is 0 Å². The number of hydrogen-bond donors (Lipinski definition) is 1. The van der Waals surface area contributed by atoms with Gasteiger partial charge in [0, 0.05) is 18.4 Å². The van der Waals surface area contributed by atoms with Crippen molar-refractivity contribution in [1.82, 2.24) is 4.98 Å². The molecule has 1 N–H and O–H groups in total. The van der Waals surface area contributed by atoms with Crippen LogP contribution in [0.25, 0.3) is 0 Å². The fraction of sp³-hybridized carbons (Fsp3) is 0.308. The summed E-state index contributed by atoms with van der Waals surface area (Å²) < 4.78 is 28.1. The van der Waals surface area contributed by atoms with Crippen LogP contribution in [0.2, 0.25) is 0 Å². The van der Waals surface area contributed by atoms with Gasteiger partial charge in [-0.05, 0) is 24.3 Å². The lowest BCUT2D eigenvalue weighted by atomic mass is 10.3. The number of nitrogens with one attached hydrogen (secondary N) is 1. The van der Waals surface area contributed by atoms with Crippen molar-refractivity contribution in [2.45, 2.75) is 24.8 Å². The predicted molar refractivity (Wildman–Crippen MR) is 72.8 cm³/mol. The molecule has 0 aliphatic heterocycles. The second-order valence-electron chi connectivity index (χ2n) is 4.22. The molecule has 0 spiro atoms. The topological polar surface area (TPSA) is 72.2 Å². The number of benzene rings is 1. The van der Waals surface area contributed by atoms with Gasteiger partial charge in [-0.15, -0.1) is 0 Å². The second-order valence-corrected chi connectivity index (χ2v) is 6.24. The van der Waals surface area contributed by atoms with Crippen LogP contribution in [0.1, 0.15) is 18.6 Å². The molecule has 0 bridgehead atoms. The van der Waals surface area contributed by atoms with Crippen LogP contribution in [0, 0.1) is 0 Å². The standard InChI is InChI=1S/C13H16N2O3S/c1-3-11-8-15-13(18-11)9-14-10-4-6-12(7-5-10)19(2,16)17/h4-8,14H,3,9H2,1-2H3. The Hall–Kier alpha value is -1.82. The molecule has 0 unspecified atom stereocenters. The van der Waals surface area contributed by atoms with E-state index in [1.54, 1.807) is 30.5 Å². The van der Waals surface area contributed by atoms with Gasteiger partial charge in [-0.2, -0.15) is 0 Å². The summed E-state index contributed by atoms with van der Waals surface area (Å²) in [5.74, 6) is 1.47. The molecule has 0 amide bonds. The van der Waals surface area contributed by atoms with Crippen LogP contribution in [0.3, 0.4) is 0 Å². The maximum atomic E-state index is 11.3. The molecule has 0 fully saturated rings. The molecule has 0 saturated heterocycles. The molecular formula is C13H16N2O3S. The Labute approximate surface area is 112 Å². The van der Waals surface area contributed by atoms with Gasteiger partial charge in [0.05, 0.1) is 17.6 Å². The van der Waals surface area contributed by atoms with Gasteiger partial charge in [0.15, 0.2) is 9.84 Å². The molecule has 5 nitrogen and oxygen atoms in total. The van der Waals surface area contributed by atoms with Gasteiger partial charge in [-0.3, -0.25) is 0 Å². The first-order valence-electron chi connectivity index (χ1n) is 5.96. The van der Waals surface area contributed by atoms with Gasteiger partial charge in [-0.1, -0.05) is 6.92 Å². The molecule has 1 aromatic carbocycles. The van der Waals surface area contributed by atoms with E-state index in [2.05, 4.69) is 10.3 Å². The molecule has 0 radical (unpaired) electrons. The van der Waals surface area contributed by atoms with Crippen LogP contribution in [-0.2, 0) is 22.8 Å². The molecule has 19 heavy (non-hydrogen) atoms. The Morgan fingerprint density at radius 1 is 1.26 bits per heavy atom. The molecular weight excluding hydrogens is 264 g/mol. The van der Waals surface area contributed by atoms with E-state index in [-0.39, 0.29) is 0 Å². The van der Waals surface area contributed by atoms with Crippen molar-refractivity contribution in [2.75, 3.05) is 11.6 Å². The molecule has 0 aliphatic carbocycles. The van der Waals surface area contributed by atoms with Crippen LogP contribution >= 0.6 is 0 Å². The summed E-state index contributed by atoms with van der Waals surface area (Å²) in [7, 11) is -3.15. The van der Waals surface area contributed by atoms with Gasteiger partial charge in [0.25, 0.3) is 0 Å². The summed E-state index contributed by atoms with van der Waals surface area (Å²) in [6.45, 7) is 2.47. The lowest BCUT2D eigenvalue weighted by Gasteiger charge is -2.04. The highest BCUT2D eigenvalue weighted by atomic mass is 32.2. The van der Waals surface area contributed by atoms with E-state index in [4.69, 9.17) is 4.42 Å². The maximum Gasteiger partial charge on any atom is 0.213 e. The molecule has 1 aromatic heterocycles. The van der Waals surface area contributed by atoms with Crippen LogP contribution in [0.15, 0.2) is 39.8 Å². The number of anilines is 1. The van der Waals surface area contributed by atoms with E-state index in [0.29, 0.717) is 17.3 Å². The van der Waals surface area contributed by atoms with E-state index in [0.717, 1.165) is 17.9 Å². The maximum absolute atomic E-state index is 11.3. The largest absolute Gasteiger partial charge is 0.444 e. The van der Waals surface area contributed by atoms with Crippen molar-refractivity contribution in [2.24, 2.45) is 0 Å². The summed E-state index contributed by atoms with van der Waals surface area (Å²) >= 11 is 0. The Morgan fingerprint density at radius 2 is 1.95 bits per heavy atom. The van der Waals surface area contributed by atoms with Gasteiger partial charge >= 0.3 is 0 Å². The average Bonchev–Trinajstić information content (AvgIpc) is 2.84. The van der Waals surface area contributed by atoms with Gasteiger partial charge in [0.2, 0.25) is 5.89 Å². The highest BCUT2D eigenvalue weighted by molar-refractivity contribution is 7.90. The number of sulfone groups is 1. The Balaban J connectivity index is 2.00. The van der Waals surface area contributed by atoms with Crippen molar-refractivity contribution in [1.29, 1.82) is 0 Å². The van der Waals surface area contributed by atoms with Crippen LogP contribution in [-0.4, -0.2) is 19.7 Å². The first kappa shape index (κ1) is 13.6. The summed E-state index contributed by atoms with van der Waals surface area (Å²) in [5, 5.41) is 3.13. The van der Waals surface area contributed by atoms with Gasteiger partial charge < -0.3 is 9.73 Å². The zero-order valence-electron chi connectivity index (χ0n) is 10.9. The molecule has 2 rings (SSSR count). The molecule has 0 atom stereocenters. The van der Waals surface area contributed by atoms with E-state index in [9.17, 15) is 8.42 Å². The number of nitrogens with zero attached hydrogens (tertiary/aromatic N) is 1. The SMILES string of the molecule is CCc1cnc(CNc2ccc(S(C)(=O)=O)cc2)o1. The first-order valence-corrected chi connectivity index (χ1v) is 7.85. The monoisotopic (exact) mass is 280 g/mol. The number of aromatic nitrogens is 1. The van der Waals surface area contributed by atoms with Gasteiger partial charge in [0.1, 0.15) is 5.76 Å². The summed E-state index contributed by atoms with van der Waals surface area (Å²) in [6.07, 6.45) is 3.72. The molecule has 2 aromatic rings. The Kier molecular flexibility index (Phi) is 3.90. The van der Waals surface area contributed by atoms with Crippen LogP contribution in [0.5, 0.6) is 0 Å². The quantitative estimate of drug-likeness (QED) is 0.909. The minimum absolute atomic E-state index is 0.308. The Bertz CT molecular complexity index is 645. The minimum atomic E-state index is -3.15. The molecule has 102 valence electrons. The molecule has 0 saturated carbocycles. The predicted octanol–water partition coefficient (Wildman–Crippen LogP) is 2.25. The van der Waals surface area contributed by atoms with E-state index < -0.39 is 9.84 Å². The number of rotatable bonds is 5. The highest BCUT2D eigenvalue weighted by Gasteiger charge is 2.06. The molecule has 6 heteroatoms. The molecule has 0 aliphatic rings. The average molecular weight is 280 g/mol. The highest BCUT2D eigenvalue weighted by Crippen LogP contribution is 2.15. The van der Waals surface area contributed by atoms with Gasteiger partial charge in [-0.25, -0.2) is 13.4 Å². The Morgan fingerprint density at radius 3 is 2.47 bits per heavy atom. The number of oxazole rings is 1. The van der Waals surface area contributed by atoms with Crippen molar-refractivity contribution in [3.05, 3.63) is 42.1 Å². The summed E-state index contributed by atoms with van der Waals surface area (Å²) in [4.78, 5) is 4.44. The van der Waals surface area contributed by atoms with Crippen molar-refractivity contribution in [3.63, 3.8) is 0 Å². The normalized spacial score (nSPS) is 11.5. The van der Waals surface area contributed by atoms with Crippen LogP contribution in [0.4, 0.5) is 5.69 Å². The van der Waals surface area contributed by atoms with E-state index in [1.165, 1.54) is 6.26 Å². The second kappa shape index (κ2) is 5.44. The minimum Gasteiger partial charge on any atom is -0.444 e. The van der Waals surface area contributed by atoms with Crippen LogP contribution < -0.4 is 5.32 Å². The zero-order valence-corrected chi connectivity index (χ0v) is 11.7. The number of aryl methyl sites for hydroxylation is 1. The lowest BCUT2D eigenvalue weighted by molar-refractivity contribution is 0.466. The zero-order chi connectivity index (χ0) is 13.9. The third-order valence-electron chi connectivity index (χ3n) is 2.68. The van der Waals surface area contributed by atoms with Crippen molar-refractivity contribution >= 4 is 15.5 Å². The van der Waals surface area contributed by atoms with E-state index >= 15 is 0 Å². The molecule has 1 heterocycles. The summed E-state index contributed by atoms with van der Waals surface area (Å²) in [6, 6.07) is 6.59. The summed E-state index contributed by atoms with van der Waals surface area (Å²) in [5.41, 5.74) is 0.823. The first-order chi connectivity index (χ1) is 8.99. The third kappa shape index (κ3) is 3.57. The number of hydrogen-bond acceptors (Lipinski definition) is 5. The smallest absolute Gasteiger partial charge is 0.213 e.